The first-order chi connectivity index (χ1) is 8.75. The van der Waals surface area contributed by atoms with Gasteiger partial charge in [0.2, 0.25) is 0 Å². The molecular weight excluding hydrogens is 281 g/mol. The molecule has 7 heteroatoms. The molecule has 0 spiro atoms. The lowest BCUT2D eigenvalue weighted by Gasteiger charge is -2.06. The second kappa shape index (κ2) is 5.88. The second-order valence-electron chi connectivity index (χ2n) is 3.66. The summed E-state index contributed by atoms with van der Waals surface area (Å²) in [6.45, 7) is 1.47. The van der Waals surface area contributed by atoms with E-state index in [4.69, 9.17) is 17.3 Å². The van der Waals surface area contributed by atoms with E-state index in [-0.39, 0.29) is 22.1 Å². The van der Waals surface area contributed by atoms with Crippen molar-refractivity contribution in [3.8, 4) is 0 Å². The molecule has 0 atom stereocenters. The van der Waals surface area contributed by atoms with Crippen molar-refractivity contribution in [3.05, 3.63) is 41.1 Å². The van der Waals surface area contributed by atoms with Gasteiger partial charge in [-0.3, -0.25) is 4.79 Å². The lowest BCUT2D eigenvalue weighted by atomic mass is 10.2. The van der Waals surface area contributed by atoms with Crippen LogP contribution in [0, 0.1) is 0 Å². The molecule has 0 saturated heterocycles. The highest BCUT2D eigenvalue weighted by molar-refractivity contribution is 6.72. The van der Waals surface area contributed by atoms with Crippen molar-refractivity contribution >= 4 is 28.7 Å². The number of aldehydes is 1. The van der Waals surface area contributed by atoms with Gasteiger partial charge in [0.1, 0.15) is 5.17 Å². The van der Waals surface area contributed by atoms with Crippen LogP contribution in [0.3, 0.4) is 0 Å². The van der Waals surface area contributed by atoms with Gasteiger partial charge in [0.05, 0.1) is 16.8 Å². The monoisotopic (exact) mass is 290 g/mol. The molecular formula is C12H10ClF3N2O. The molecule has 0 aliphatic heterocycles. The van der Waals surface area contributed by atoms with Gasteiger partial charge in [-0.1, -0.05) is 11.6 Å². The molecule has 0 bridgehead atoms. The summed E-state index contributed by atoms with van der Waals surface area (Å²) in [5, 5.41) is -0.172. The summed E-state index contributed by atoms with van der Waals surface area (Å²) >= 11 is 5.76. The van der Waals surface area contributed by atoms with E-state index in [1.54, 1.807) is 0 Å². The van der Waals surface area contributed by atoms with E-state index in [9.17, 15) is 18.0 Å². The number of hydrogen-bond donors (Lipinski definition) is 1. The van der Waals surface area contributed by atoms with Crippen LogP contribution in [0.1, 0.15) is 12.5 Å². The molecule has 0 aliphatic rings. The van der Waals surface area contributed by atoms with Crippen LogP contribution in [0.25, 0.3) is 0 Å². The maximum Gasteiger partial charge on any atom is 0.416 e. The fraction of sp³-hybridized carbons (Fsp3) is 0.167. The summed E-state index contributed by atoms with van der Waals surface area (Å²) in [7, 11) is 0. The summed E-state index contributed by atoms with van der Waals surface area (Å²) in [5.74, 6) is 0. The number of halogens is 4. The summed E-state index contributed by atoms with van der Waals surface area (Å²) in [6.07, 6.45) is -3.97. The predicted molar refractivity (Wildman–Crippen MR) is 67.3 cm³/mol. The number of alkyl halides is 3. The number of nitrogens with zero attached hydrogens (tertiary/aromatic N) is 1. The zero-order chi connectivity index (χ0) is 14.6. The largest absolute Gasteiger partial charge is 0.416 e. The van der Waals surface area contributed by atoms with Gasteiger partial charge in [-0.05, 0) is 31.2 Å². The van der Waals surface area contributed by atoms with Crippen LogP contribution in [0.2, 0.25) is 0 Å². The molecule has 0 heterocycles. The summed E-state index contributed by atoms with van der Waals surface area (Å²) in [6, 6.07) is 4.06. The second-order valence-corrected chi connectivity index (χ2v) is 4.02. The van der Waals surface area contributed by atoms with Crippen molar-refractivity contribution in [2.75, 3.05) is 0 Å². The maximum absolute atomic E-state index is 12.3. The van der Waals surface area contributed by atoms with Gasteiger partial charge in [-0.15, -0.1) is 0 Å². The first kappa shape index (κ1) is 15.2. The van der Waals surface area contributed by atoms with E-state index in [0.717, 1.165) is 24.3 Å². The van der Waals surface area contributed by atoms with Gasteiger partial charge in [-0.2, -0.15) is 13.2 Å². The smallest absolute Gasteiger partial charge is 0.402 e. The Balaban J connectivity index is 3.07. The molecule has 1 aromatic carbocycles. The maximum atomic E-state index is 12.3. The topological polar surface area (TPSA) is 55.5 Å². The Morgan fingerprint density at radius 3 is 2.21 bits per heavy atom. The van der Waals surface area contributed by atoms with Crippen molar-refractivity contribution < 1.29 is 18.0 Å². The molecule has 0 unspecified atom stereocenters. The van der Waals surface area contributed by atoms with Crippen molar-refractivity contribution in [2.45, 2.75) is 13.1 Å². The minimum Gasteiger partial charge on any atom is -0.402 e. The van der Waals surface area contributed by atoms with Crippen LogP contribution in [0.5, 0.6) is 0 Å². The number of carbonyl (C=O) groups excluding carboxylic acids is 1. The van der Waals surface area contributed by atoms with E-state index in [2.05, 4.69) is 4.99 Å². The molecule has 102 valence electrons. The molecule has 0 aromatic heterocycles. The lowest BCUT2D eigenvalue weighted by Crippen LogP contribution is -2.05. The molecule has 1 aromatic rings. The van der Waals surface area contributed by atoms with Crippen LogP contribution in [0.4, 0.5) is 18.9 Å². The normalized spacial score (nSPS) is 14.1. The summed E-state index contributed by atoms with van der Waals surface area (Å²) in [4.78, 5) is 14.5. The first-order valence-corrected chi connectivity index (χ1v) is 5.47. The molecule has 0 aliphatic carbocycles. The number of nitrogens with two attached hydrogens (primary N) is 1. The van der Waals surface area contributed by atoms with E-state index < -0.39 is 11.7 Å². The van der Waals surface area contributed by atoms with Crippen molar-refractivity contribution in [1.29, 1.82) is 0 Å². The molecule has 19 heavy (non-hydrogen) atoms. The molecule has 3 nitrogen and oxygen atoms in total. The van der Waals surface area contributed by atoms with E-state index in [0.29, 0.717) is 6.29 Å². The summed E-state index contributed by atoms with van der Waals surface area (Å²) in [5.41, 5.74) is 5.00. The van der Waals surface area contributed by atoms with Crippen LogP contribution in [0.15, 0.2) is 40.5 Å². The SMILES string of the molecule is CC(N)=C(C=O)C(Cl)=Nc1ccc(C(F)(F)F)cc1. The fourth-order valence-corrected chi connectivity index (χ4v) is 1.49. The number of aliphatic imine (C=N–C) groups is 1. The highest BCUT2D eigenvalue weighted by Crippen LogP contribution is 2.30. The van der Waals surface area contributed by atoms with Crippen molar-refractivity contribution in [1.82, 2.24) is 0 Å². The molecule has 1 rings (SSSR count). The predicted octanol–water partition coefficient (Wildman–Crippen LogP) is 3.41. The molecule has 0 fully saturated rings. The minimum atomic E-state index is -4.41. The number of benzene rings is 1. The Kier molecular flexibility index (Phi) is 4.72. The number of allylic oxidation sites excluding steroid dienone is 2. The Morgan fingerprint density at radius 2 is 1.84 bits per heavy atom. The molecule has 0 radical (unpaired) electrons. The van der Waals surface area contributed by atoms with Gasteiger partial charge in [0.25, 0.3) is 0 Å². The minimum absolute atomic E-state index is 0.00145. The average molecular weight is 291 g/mol. The number of rotatable bonds is 3. The van der Waals surface area contributed by atoms with Crippen LogP contribution >= 0.6 is 11.6 Å². The van der Waals surface area contributed by atoms with Crippen LogP contribution in [-0.2, 0) is 11.0 Å². The fourth-order valence-electron chi connectivity index (χ4n) is 1.20. The molecule has 2 N–H and O–H groups in total. The first-order valence-electron chi connectivity index (χ1n) is 5.09. The molecule has 0 amide bonds. The highest BCUT2D eigenvalue weighted by Gasteiger charge is 2.29. The highest BCUT2D eigenvalue weighted by atomic mass is 35.5. The van der Waals surface area contributed by atoms with Crippen molar-refractivity contribution in [3.63, 3.8) is 0 Å². The van der Waals surface area contributed by atoms with Gasteiger partial charge >= 0.3 is 6.18 Å². The van der Waals surface area contributed by atoms with Crippen LogP contribution < -0.4 is 5.73 Å². The third-order valence-electron chi connectivity index (χ3n) is 2.19. The van der Waals surface area contributed by atoms with E-state index in [1.165, 1.54) is 6.92 Å². The zero-order valence-electron chi connectivity index (χ0n) is 9.83. The van der Waals surface area contributed by atoms with Gasteiger partial charge in [-0.25, -0.2) is 4.99 Å². The zero-order valence-corrected chi connectivity index (χ0v) is 10.6. The number of hydrogen-bond acceptors (Lipinski definition) is 3. The number of carbonyl (C=O) groups is 1. The van der Waals surface area contributed by atoms with Crippen LogP contribution in [-0.4, -0.2) is 11.5 Å². The Bertz CT molecular complexity index is 529. The lowest BCUT2D eigenvalue weighted by molar-refractivity contribution is -0.137. The Morgan fingerprint density at radius 1 is 1.32 bits per heavy atom. The van der Waals surface area contributed by atoms with E-state index in [1.807, 2.05) is 0 Å². The Labute approximate surface area is 112 Å². The van der Waals surface area contributed by atoms with Gasteiger partial charge < -0.3 is 5.73 Å². The third kappa shape index (κ3) is 4.10. The van der Waals surface area contributed by atoms with Gasteiger partial charge in [0.15, 0.2) is 6.29 Å². The average Bonchev–Trinajstić information content (AvgIpc) is 2.28. The van der Waals surface area contributed by atoms with Crippen molar-refractivity contribution in [2.24, 2.45) is 10.7 Å². The van der Waals surface area contributed by atoms with E-state index >= 15 is 0 Å². The standard InChI is InChI=1S/C12H10ClF3N2O/c1-7(17)10(6-19)11(13)18-9-4-2-8(3-5-9)12(14,15)16/h2-6H,17H2,1H3. The summed E-state index contributed by atoms with van der Waals surface area (Å²) < 4.78 is 37.0. The third-order valence-corrected chi connectivity index (χ3v) is 2.47. The van der Waals surface area contributed by atoms with Gasteiger partial charge in [0, 0.05) is 5.70 Å². The Hall–Kier alpha value is -1.82. The molecule has 0 saturated carbocycles. The quantitative estimate of drug-likeness (QED) is 0.527.